The Hall–Kier alpha value is -1.61. The molecule has 132 valence electrons. The van der Waals surface area contributed by atoms with Crippen LogP contribution >= 0.6 is 11.8 Å². The molecule has 0 aromatic rings. The van der Waals surface area contributed by atoms with Crippen molar-refractivity contribution in [1.82, 2.24) is 15.1 Å². The van der Waals surface area contributed by atoms with Gasteiger partial charge in [-0.05, 0) is 19.8 Å². The van der Waals surface area contributed by atoms with Crippen LogP contribution in [-0.2, 0) is 19.2 Å². The van der Waals surface area contributed by atoms with Crippen LogP contribution in [0, 0.1) is 0 Å². The maximum atomic E-state index is 12.7. The van der Waals surface area contributed by atoms with Crippen LogP contribution in [0.25, 0.3) is 0 Å². The molecule has 2 N–H and O–H groups in total. The van der Waals surface area contributed by atoms with Gasteiger partial charge >= 0.3 is 5.97 Å². The van der Waals surface area contributed by atoms with Gasteiger partial charge in [0.15, 0.2) is 0 Å². The van der Waals surface area contributed by atoms with E-state index in [2.05, 4.69) is 5.32 Å². The van der Waals surface area contributed by atoms with Crippen LogP contribution in [0.5, 0.6) is 0 Å². The molecule has 0 bridgehead atoms. The van der Waals surface area contributed by atoms with Crippen molar-refractivity contribution in [3.63, 3.8) is 0 Å². The second-order valence-electron chi connectivity index (χ2n) is 6.39. The Bertz CT molecular complexity index is 612. The Kier molecular flexibility index (Phi) is 4.33. The number of rotatable bonds is 6. The van der Waals surface area contributed by atoms with Gasteiger partial charge in [-0.15, -0.1) is 0 Å². The Morgan fingerprint density at radius 2 is 2.00 bits per heavy atom. The van der Waals surface area contributed by atoms with Crippen molar-refractivity contribution in [3.8, 4) is 0 Å². The van der Waals surface area contributed by atoms with Crippen LogP contribution in [0.3, 0.4) is 0 Å². The molecule has 0 unspecified atom stereocenters. The fourth-order valence-electron chi connectivity index (χ4n) is 3.68. The van der Waals surface area contributed by atoms with Gasteiger partial charge in [-0.3, -0.25) is 29.5 Å². The zero-order chi connectivity index (χ0) is 17.6. The molecule has 3 rings (SSSR count). The summed E-state index contributed by atoms with van der Waals surface area (Å²) in [4.78, 5) is 51.1. The van der Waals surface area contributed by atoms with Gasteiger partial charge in [0.05, 0.1) is 6.04 Å². The van der Waals surface area contributed by atoms with Gasteiger partial charge in [0, 0.05) is 18.6 Å². The molecular weight excluding hydrogens is 334 g/mol. The van der Waals surface area contributed by atoms with Gasteiger partial charge in [0.2, 0.25) is 16.9 Å². The molecule has 3 aliphatic rings. The third-order valence-electron chi connectivity index (χ3n) is 4.81. The molecule has 9 heteroatoms. The maximum Gasteiger partial charge on any atom is 0.327 e. The molecule has 8 nitrogen and oxygen atoms in total. The van der Waals surface area contributed by atoms with Crippen molar-refractivity contribution in [2.45, 2.75) is 62.8 Å². The average molecular weight is 355 g/mol. The number of nitrogens with zero attached hydrogens (tertiary/aromatic N) is 2. The number of carbonyl (C=O) groups is 4. The van der Waals surface area contributed by atoms with Crippen molar-refractivity contribution < 1.29 is 24.3 Å². The number of thioether (sulfide) groups is 1. The number of carbonyl (C=O) groups excluding carboxylic acids is 3. The molecule has 0 saturated carbocycles. The molecule has 3 heterocycles. The molecule has 0 aromatic carbocycles. The standard InChI is InChI=1S/C15H21N3O5S/c1-3-4-9(19)5-6-10-13(21)17-8(2)12(20)18-11(14(22)23)7-24-15(17,18)16-10/h8,10-11,16H,3-7H2,1-2H3,(H,22,23)/t8-,10-,11-,15+/m0/s1. The monoisotopic (exact) mass is 355 g/mol. The molecule has 3 aliphatic heterocycles. The molecule has 3 fully saturated rings. The number of amides is 2. The number of hydrogen-bond donors (Lipinski definition) is 2. The summed E-state index contributed by atoms with van der Waals surface area (Å²) >= 11 is 1.26. The Morgan fingerprint density at radius 3 is 2.62 bits per heavy atom. The molecular formula is C15H21N3O5S. The first-order valence-corrected chi connectivity index (χ1v) is 9.14. The third-order valence-corrected chi connectivity index (χ3v) is 6.21. The zero-order valence-corrected chi connectivity index (χ0v) is 14.5. The van der Waals surface area contributed by atoms with Crippen LogP contribution < -0.4 is 5.32 Å². The summed E-state index contributed by atoms with van der Waals surface area (Å²) in [6, 6.07) is -2.21. The number of aliphatic carboxylic acids is 1. The minimum absolute atomic E-state index is 0.111. The number of ketones is 1. The normalized spacial score (nSPS) is 34.7. The first-order chi connectivity index (χ1) is 11.3. The molecule has 4 atom stereocenters. The summed E-state index contributed by atoms with van der Waals surface area (Å²) in [7, 11) is 0. The fourth-order valence-corrected chi connectivity index (χ4v) is 5.33. The predicted molar refractivity (Wildman–Crippen MR) is 85.8 cm³/mol. The quantitative estimate of drug-likeness (QED) is 0.689. The first kappa shape index (κ1) is 17.2. The second kappa shape index (κ2) is 6.03. The molecule has 1 spiro atoms. The van der Waals surface area contributed by atoms with Gasteiger partial charge in [-0.1, -0.05) is 18.7 Å². The van der Waals surface area contributed by atoms with Crippen LogP contribution in [-0.4, -0.2) is 67.5 Å². The summed E-state index contributed by atoms with van der Waals surface area (Å²) in [6.07, 6.45) is 1.93. The van der Waals surface area contributed by atoms with E-state index in [4.69, 9.17) is 0 Å². The fraction of sp³-hybridized carbons (Fsp3) is 0.733. The van der Waals surface area contributed by atoms with Crippen molar-refractivity contribution in [1.29, 1.82) is 0 Å². The Labute approximate surface area is 143 Å². The van der Waals surface area contributed by atoms with E-state index < -0.39 is 29.2 Å². The molecule has 0 aromatic heterocycles. The summed E-state index contributed by atoms with van der Waals surface area (Å²) in [5.74, 6) is -1.32. The molecule has 2 amide bonds. The van der Waals surface area contributed by atoms with E-state index in [1.807, 2.05) is 6.92 Å². The average Bonchev–Trinajstić information content (AvgIpc) is 3.09. The van der Waals surface area contributed by atoms with E-state index in [1.54, 1.807) is 6.92 Å². The molecule has 0 radical (unpaired) electrons. The van der Waals surface area contributed by atoms with E-state index >= 15 is 0 Å². The van der Waals surface area contributed by atoms with E-state index in [-0.39, 0.29) is 23.4 Å². The number of hydrogen-bond acceptors (Lipinski definition) is 6. The highest BCUT2D eigenvalue weighted by molar-refractivity contribution is 8.00. The van der Waals surface area contributed by atoms with Gasteiger partial charge in [-0.25, -0.2) is 4.79 Å². The smallest absolute Gasteiger partial charge is 0.327 e. The zero-order valence-electron chi connectivity index (χ0n) is 13.7. The summed E-state index contributed by atoms with van der Waals surface area (Å²) < 4.78 is 0. The van der Waals surface area contributed by atoms with Crippen LogP contribution in [0.1, 0.15) is 39.5 Å². The van der Waals surface area contributed by atoms with Gasteiger partial charge in [-0.2, -0.15) is 0 Å². The van der Waals surface area contributed by atoms with E-state index in [1.165, 1.54) is 21.6 Å². The largest absolute Gasteiger partial charge is 0.480 e. The van der Waals surface area contributed by atoms with Crippen LogP contribution in [0.4, 0.5) is 0 Å². The van der Waals surface area contributed by atoms with Crippen LogP contribution in [0.15, 0.2) is 0 Å². The predicted octanol–water partition coefficient (Wildman–Crippen LogP) is -0.0218. The maximum absolute atomic E-state index is 12.7. The Balaban J connectivity index is 1.81. The van der Waals surface area contributed by atoms with Gasteiger partial charge in [0.1, 0.15) is 17.9 Å². The van der Waals surface area contributed by atoms with Crippen molar-refractivity contribution in [2.75, 3.05) is 5.75 Å². The van der Waals surface area contributed by atoms with Crippen molar-refractivity contribution in [2.24, 2.45) is 0 Å². The lowest BCUT2D eigenvalue weighted by Gasteiger charge is -2.33. The molecule has 24 heavy (non-hydrogen) atoms. The highest BCUT2D eigenvalue weighted by Gasteiger charge is 2.69. The molecule has 3 saturated heterocycles. The lowest BCUT2D eigenvalue weighted by molar-refractivity contribution is -0.149. The lowest BCUT2D eigenvalue weighted by Crippen LogP contribution is -2.57. The number of carboxylic acids is 1. The summed E-state index contributed by atoms with van der Waals surface area (Å²) in [5.41, 5.74) is 0. The highest BCUT2D eigenvalue weighted by atomic mass is 32.2. The summed E-state index contributed by atoms with van der Waals surface area (Å²) in [5, 5.41) is 11.4. The minimum atomic E-state index is -1.12. The third kappa shape index (κ3) is 2.33. The number of carboxylic acid groups (broad SMARTS) is 1. The second-order valence-corrected chi connectivity index (χ2v) is 7.58. The van der Waals surface area contributed by atoms with E-state index in [0.29, 0.717) is 19.3 Å². The SMILES string of the molecule is CCCC(=O)CC[C@@H]1N[C@]23SC[C@@H](C(=O)O)N2C(=O)[C@H](C)N3C1=O. The van der Waals surface area contributed by atoms with Crippen molar-refractivity contribution >= 4 is 35.3 Å². The van der Waals surface area contributed by atoms with Crippen molar-refractivity contribution in [3.05, 3.63) is 0 Å². The first-order valence-electron chi connectivity index (χ1n) is 8.16. The number of nitrogens with one attached hydrogen (secondary N) is 1. The van der Waals surface area contributed by atoms with Gasteiger partial charge in [0.25, 0.3) is 0 Å². The molecule has 0 aliphatic carbocycles. The minimum Gasteiger partial charge on any atom is -0.480 e. The number of Topliss-reactive ketones (excluding diaryl/α,β-unsaturated/α-hetero) is 1. The van der Waals surface area contributed by atoms with E-state index in [0.717, 1.165) is 6.42 Å². The van der Waals surface area contributed by atoms with Gasteiger partial charge < -0.3 is 5.11 Å². The topological polar surface area (TPSA) is 107 Å². The highest BCUT2D eigenvalue weighted by Crippen LogP contribution is 2.49. The lowest BCUT2D eigenvalue weighted by atomic mass is 10.1. The van der Waals surface area contributed by atoms with Crippen LogP contribution in [0.2, 0.25) is 0 Å². The Morgan fingerprint density at radius 1 is 1.29 bits per heavy atom. The van der Waals surface area contributed by atoms with E-state index in [9.17, 15) is 24.3 Å². The summed E-state index contributed by atoms with van der Waals surface area (Å²) in [6.45, 7) is 3.55.